The van der Waals surface area contributed by atoms with Gasteiger partial charge in [0.05, 0.1) is 6.61 Å². The summed E-state index contributed by atoms with van der Waals surface area (Å²) in [4.78, 5) is 12.7. The van der Waals surface area contributed by atoms with E-state index in [0.29, 0.717) is 11.8 Å². The van der Waals surface area contributed by atoms with Crippen molar-refractivity contribution in [2.45, 2.75) is 31.1 Å². The number of imidazole rings is 1. The van der Waals surface area contributed by atoms with Gasteiger partial charge in [-0.25, -0.2) is 9.97 Å². The molecule has 2 N–H and O–H groups in total. The number of rotatable bonds is 2. The van der Waals surface area contributed by atoms with E-state index in [-0.39, 0.29) is 24.8 Å². The van der Waals surface area contributed by atoms with Crippen molar-refractivity contribution in [2.24, 2.45) is 0 Å². The van der Waals surface area contributed by atoms with E-state index in [1.165, 1.54) is 18.4 Å². The molecule has 2 aliphatic rings. The Morgan fingerprint density at radius 2 is 1.91 bits per heavy atom. The number of hydrogen-bond acceptors (Lipinski definition) is 4. The number of pyridine rings is 1. The summed E-state index contributed by atoms with van der Waals surface area (Å²) in [5.74, 6) is 2.06. The Kier molecular flexibility index (Phi) is 6.03. The molecule has 1 atom stereocenters. The number of fused-ring (bicyclic) bond motifs is 1. The van der Waals surface area contributed by atoms with Crippen LogP contribution in [0, 0.1) is 0 Å². The van der Waals surface area contributed by atoms with Crippen LogP contribution in [0.25, 0.3) is 11.2 Å². The van der Waals surface area contributed by atoms with Crippen LogP contribution in [0.15, 0.2) is 12.3 Å². The molecule has 4 heterocycles. The highest BCUT2D eigenvalue weighted by atomic mass is 35.5. The third-order valence-corrected chi connectivity index (χ3v) is 4.53. The van der Waals surface area contributed by atoms with E-state index in [1.54, 1.807) is 0 Å². The van der Waals surface area contributed by atoms with E-state index in [4.69, 9.17) is 9.72 Å². The molecule has 0 unspecified atom stereocenters. The summed E-state index contributed by atoms with van der Waals surface area (Å²) in [6.07, 6.45) is 5.34. The lowest BCUT2D eigenvalue weighted by Crippen LogP contribution is -2.26. The summed E-state index contributed by atoms with van der Waals surface area (Å²) in [7, 11) is 0. The molecule has 22 heavy (non-hydrogen) atoms. The smallest absolute Gasteiger partial charge is 0.157 e. The normalized spacial score (nSPS) is 22.3. The second-order valence-corrected chi connectivity index (χ2v) is 5.80. The molecule has 2 aromatic rings. The molecule has 122 valence electrons. The Hall–Kier alpha value is -0.880. The van der Waals surface area contributed by atoms with Gasteiger partial charge < -0.3 is 15.0 Å². The Balaban J connectivity index is 0.000000882. The van der Waals surface area contributed by atoms with Gasteiger partial charge in [0.1, 0.15) is 11.3 Å². The van der Waals surface area contributed by atoms with Gasteiger partial charge in [-0.3, -0.25) is 0 Å². The molecule has 2 aliphatic heterocycles. The second-order valence-electron chi connectivity index (χ2n) is 5.80. The number of aromatic nitrogens is 3. The van der Waals surface area contributed by atoms with Crippen molar-refractivity contribution in [3.8, 4) is 0 Å². The Morgan fingerprint density at radius 3 is 2.64 bits per heavy atom. The van der Waals surface area contributed by atoms with Gasteiger partial charge in [0.15, 0.2) is 5.65 Å². The summed E-state index contributed by atoms with van der Waals surface area (Å²) < 4.78 is 5.47. The largest absolute Gasteiger partial charge is 0.381 e. The maximum absolute atomic E-state index is 5.47. The third kappa shape index (κ3) is 3.23. The van der Waals surface area contributed by atoms with Crippen LogP contribution in [0.1, 0.15) is 42.5 Å². The molecule has 0 bridgehead atoms. The fourth-order valence-corrected chi connectivity index (χ4v) is 3.35. The lowest BCUT2D eigenvalue weighted by molar-refractivity contribution is 0.193. The van der Waals surface area contributed by atoms with Crippen molar-refractivity contribution in [3.05, 3.63) is 23.7 Å². The molecule has 0 saturated carbocycles. The van der Waals surface area contributed by atoms with Crippen LogP contribution >= 0.6 is 24.8 Å². The van der Waals surface area contributed by atoms with Crippen LogP contribution < -0.4 is 5.32 Å². The first-order valence-electron chi connectivity index (χ1n) is 7.55. The Labute approximate surface area is 142 Å². The highest BCUT2D eigenvalue weighted by molar-refractivity contribution is 5.85. The topological polar surface area (TPSA) is 62.8 Å². The van der Waals surface area contributed by atoms with Crippen LogP contribution in [0.3, 0.4) is 0 Å². The Bertz CT molecular complexity index is 607. The van der Waals surface area contributed by atoms with Gasteiger partial charge in [0.25, 0.3) is 0 Å². The number of H-pyrrole nitrogens is 1. The fraction of sp³-hybridized carbons (Fsp3) is 0.600. The molecule has 0 aliphatic carbocycles. The average molecular weight is 345 g/mol. The second kappa shape index (κ2) is 7.59. The molecule has 0 amide bonds. The number of piperidine rings is 1. The summed E-state index contributed by atoms with van der Waals surface area (Å²) in [5, 5.41) is 3.42. The van der Waals surface area contributed by atoms with Gasteiger partial charge in [-0.15, -0.1) is 24.8 Å². The summed E-state index contributed by atoms with van der Waals surface area (Å²) in [5.41, 5.74) is 3.36. The number of halogens is 2. The lowest BCUT2D eigenvalue weighted by Gasteiger charge is -2.22. The first-order valence-corrected chi connectivity index (χ1v) is 7.55. The zero-order valence-electron chi connectivity index (χ0n) is 12.4. The van der Waals surface area contributed by atoms with E-state index in [9.17, 15) is 0 Å². The molecular weight excluding hydrogens is 323 g/mol. The fourth-order valence-electron chi connectivity index (χ4n) is 3.35. The highest BCUT2D eigenvalue weighted by Gasteiger charge is 2.24. The minimum Gasteiger partial charge on any atom is -0.381 e. The standard InChI is InChI=1S/C15H20N4O.2ClH/c1-5-16-6-2-10(1)12-3-7-17-15-13(12)18-14(19-15)11-4-8-20-9-11;;/h3,7,10-11,16H,1-2,4-6,8-9H2,(H,17,18,19);2*1H/t11-;;/m0../s1. The van der Waals surface area contributed by atoms with Gasteiger partial charge in [-0.2, -0.15) is 0 Å². The third-order valence-electron chi connectivity index (χ3n) is 4.53. The van der Waals surface area contributed by atoms with E-state index in [2.05, 4.69) is 21.4 Å². The van der Waals surface area contributed by atoms with Gasteiger partial charge in [0, 0.05) is 18.7 Å². The van der Waals surface area contributed by atoms with Crippen LogP contribution in [0.2, 0.25) is 0 Å². The van der Waals surface area contributed by atoms with E-state index < -0.39 is 0 Å². The molecule has 7 heteroatoms. The quantitative estimate of drug-likeness (QED) is 0.879. The summed E-state index contributed by atoms with van der Waals surface area (Å²) in [6, 6.07) is 2.15. The maximum Gasteiger partial charge on any atom is 0.157 e. The number of nitrogens with one attached hydrogen (secondary N) is 2. The number of nitrogens with zero attached hydrogens (tertiary/aromatic N) is 2. The van der Waals surface area contributed by atoms with Crippen LogP contribution in [0.5, 0.6) is 0 Å². The van der Waals surface area contributed by atoms with Crippen molar-refractivity contribution in [3.63, 3.8) is 0 Å². The molecule has 4 rings (SSSR count). The zero-order chi connectivity index (χ0) is 13.4. The monoisotopic (exact) mass is 344 g/mol. The van der Waals surface area contributed by atoms with E-state index >= 15 is 0 Å². The molecule has 0 spiro atoms. The maximum atomic E-state index is 5.47. The van der Waals surface area contributed by atoms with Crippen LogP contribution in [-0.2, 0) is 4.74 Å². The van der Waals surface area contributed by atoms with Crippen molar-refractivity contribution >= 4 is 36.0 Å². The van der Waals surface area contributed by atoms with Crippen molar-refractivity contribution in [1.29, 1.82) is 0 Å². The number of aromatic amines is 1. The summed E-state index contributed by atoms with van der Waals surface area (Å²) in [6.45, 7) is 3.82. The Morgan fingerprint density at radius 1 is 1.09 bits per heavy atom. The first-order chi connectivity index (χ1) is 9.92. The first kappa shape index (κ1) is 17.5. The summed E-state index contributed by atoms with van der Waals surface area (Å²) >= 11 is 0. The SMILES string of the molecule is Cl.Cl.c1cc(C2CCNCC2)c2nc([C@H]3CCOC3)[nH]c2n1. The molecule has 2 fully saturated rings. The predicted molar refractivity (Wildman–Crippen MR) is 91.4 cm³/mol. The van der Waals surface area contributed by atoms with E-state index in [0.717, 1.165) is 49.7 Å². The van der Waals surface area contributed by atoms with Gasteiger partial charge in [-0.1, -0.05) is 0 Å². The average Bonchev–Trinajstić information content (AvgIpc) is 3.16. The lowest BCUT2D eigenvalue weighted by atomic mass is 9.90. The van der Waals surface area contributed by atoms with Crippen LogP contribution in [-0.4, -0.2) is 41.3 Å². The number of hydrogen-bond donors (Lipinski definition) is 2. The van der Waals surface area contributed by atoms with Gasteiger partial charge in [0.2, 0.25) is 0 Å². The van der Waals surface area contributed by atoms with Gasteiger partial charge in [-0.05, 0) is 49.9 Å². The van der Waals surface area contributed by atoms with Crippen molar-refractivity contribution in [2.75, 3.05) is 26.3 Å². The minimum absolute atomic E-state index is 0. The predicted octanol–water partition coefficient (Wildman–Crippen LogP) is 2.77. The van der Waals surface area contributed by atoms with Crippen LogP contribution in [0.4, 0.5) is 0 Å². The molecule has 2 saturated heterocycles. The zero-order valence-corrected chi connectivity index (χ0v) is 14.0. The van der Waals surface area contributed by atoms with E-state index in [1.807, 2.05) is 6.20 Å². The van der Waals surface area contributed by atoms with Crippen molar-refractivity contribution in [1.82, 2.24) is 20.3 Å². The highest BCUT2D eigenvalue weighted by Crippen LogP contribution is 2.31. The van der Waals surface area contributed by atoms with Gasteiger partial charge >= 0.3 is 0 Å². The number of ether oxygens (including phenoxy) is 1. The molecule has 0 radical (unpaired) electrons. The molecule has 5 nitrogen and oxygen atoms in total. The minimum atomic E-state index is 0. The molecule has 2 aromatic heterocycles. The molecule has 0 aromatic carbocycles. The molecular formula is C15H22Cl2N4O. The van der Waals surface area contributed by atoms with Crippen molar-refractivity contribution < 1.29 is 4.74 Å².